The minimum Gasteiger partial charge on any atom is -0.396 e. The zero-order valence-corrected chi connectivity index (χ0v) is 15.1. The van der Waals surface area contributed by atoms with Crippen LogP contribution in [-0.4, -0.2) is 29.7 Å². The molecule has 1 aliphatic heterocycles. The number of aliphatic hydroxyl groups is 1. The van der Waals surface area contributed by atoms with Crippen molar-refractivity contribution in [3.63, 3.8) is 0 Å². The Bertz CT molecular complexity index is 766. The van der Waals surface area contributed by atoms with Crippen molar-refractivity contribution in [3.05, 3.63) is 59.2 Å². The third-order valence-corrected chi connectivity index (χ3v) is 5.03. The second kappa shape index (κ2) is 7.05. The zero-order chi connectivity index (χ0) is 18.9. The highest BCUT2D eigenvalue weighted by Gasteiger charge is 2.32. The maximum absolute atomic E-state index is 12.8. The van der Waals surface area contributed by atoms with Gasteiger partial charge in [0.05, 0.1) is 5.56 Å². The van der Waals surface area contributed by atoms with Crippen molar-refractivity contribution in [2.45, 2.75) is 38.4 Å². The molecule has 0 atom stereocenters. The summed E-state index contributed by atoms with van der Waals surface area (Å²) < 4.78 is 38.3. The molecule has 2 aromatic carbocycles. The lowest BCUT2D eigenvalue weighted by atomic mass is 9.77. The summed E-state index contributed by atoms with van der Waals surface area (Å²) in [6, 6.07) is 11.5. The Hall–Kier alpha value is -1.85. The average Bonchev–Trinajstić information content (AvgIpc) is 2.58. The van der Waals surface area contributed by atoms with E-state index in [4.69, 9.17) is 5.11 Å². The van der Waals surface area contributed by atoms with Gasteiger partial charge in [0.25, 0.3) is 0 Å². The third-order valence-electron chi connectivity index (χ3n) is 5.03. The zero-order valence-electron chi connectivity index (χ0n) is 15.1. The molecule has 0 amide bonds. The molecule has 5 heteroatoms. The Balaban J connectivity index is 1.90. The Morgan fingerprint density at radius 2 is 1.69 bits per heavy atom. The highest BCUT2D eigenvalue weighted by atomic mass is 19.4. The van der Waals surface area contributed by atoms with Gasteiger partial charge in [-0.1, -0.05) is 38.1 Å². The van der Waals surface area contributed by atoms with Crippen molar-refractivity contribution in [1.29, 1.82) is 0 Å². The largest absolute Gasteiger partial charge is 0.416 e. The van der Waals surface area contributed by atoms with E-state index in [2.05, 4.69) is 30.9 Å². The number of nitrogens with zero attached hydrogens (tertiary/aromatic N) is 1. The molecule has 0 radical (unpaired) electrons. The van der Waals surface area contributed by atoms with Gasteiger partial charge in [-0.05, 0) is 46.9 Å². The molecule has 0 fully saturated rings. The first-order valence-corrected chi connectivity index (χ1v) is 8.85. The number of rotatable bonds is 4. The van der Waals surface area contributed by atoms with Gasteiger partial charge in [0.15, 0.2) is 0 Å². The molecule has 2 aromatic rings. The molecule has 0 bridgehead atoms. The fraction of sp³-hybridized carbons (Fsp3) is 0.429. The molecular formula is C21H24F3NO. The van der Waals surface area contributed by atoms with Crippen LogP contribution in [0.2, 0.25) is 0 Å². The van der Waals surface area contributed by atoms with Crippen molar-refractivity contribution >= 4 is 0 Å². The van der Waals surface area contributed by atoms with Crippen LogP contribution in [0.1, 0.15) is 37.0 Å². The summed E-state index contributed by atoms with van der Waals surface area (Å²) in [6.45, 7) is 7.15. The molecule has 0 unspecified atom stereocenters. The second-order valence-corrected chi connectivity index (χ2v) is 7.62. The summed E-state index contributed by atoms with van der Waals surface area (Å²) in [6.07, 6.45) is -3.57. The highest BCUT2D eigenvalue weighted by molar-refractivity contribution is 5.66. The van der Waals surface area contributed by atoms with Crippen molar-refractivity contribution in [1.82, 2.24) is 4.90 Å². The number of fused-ring (bicyclic) bond motifs is 1. The third kappa shape index (κ3) is 3.94. The first kappa shape index (κ1) is 18.9. The predicted molar refractivity (Wildman–Crippen MR) is 96.9 cm³/mol. The lowest BCUT2D eigenvalue weighted by Crippen LogP contribution is -2.42. The number of benzene rings is 2. The molecule has 140 valence electrons. The Morgan fingerprint density at radius 3 is 2.31 bits per heavy atom. The van der Waals surface area contributed by atoms with Crippen molar-refractivity contribution < 1.29 is 18.3 Å². The molecule has 3 rings (SSSR count). The van der Waals surface area contributed by atoms with Crippen LogP contribution in [0.3, 0.4) is 0 Å². The van der Waals surface area contributed by atoms with Gasteiger partial charge in [0.2, 0.25) is 0 Å². The summed E-state index contributed by atoms with van der Waals surface area (Å²) in [4.78, 5) is 2.33. The summed E-state index contributed by atoms with van der Waals surface area (Å²) in [5.74, 6) is 0. The smallest absolute Gasteiger partial charge is 0.396 e. The van der Waals surface area contributed by atoms with E-state index in [1.807, 2.05) is 6.07 Å². The summed E-state index contributed by atoms with van der Waals surface area (Å²) >= 11 is 0. The fourth-order valence-electron chi connectivity index (χ4n) is 3.81. The first-order valence-electron chi connectivity index (χ1n) is 8.85. The van der Waals surface area contributed by atoms with Crippen LogP contribution in [0.25, 0.3) is 11.1 Å². The predicted octanol–water partition coefficient (Wildman–Crippen LogP) is 4.85. The molecule has 0 aromatic heterocycles. The monoisotopic (exact) mass is 363 g/mol. The van der Waals surface area contributed by atoms with Gasteiger partial charge in [-0.3, -0.25) is 4.90 Å². The number of halogens is 3. The maximum Gasteiger partial charge on any atom is 0.416 e. The molecule has 1 aliphatic rings. The van der Waals surface area contributed by atoms with Gasteiger partial charge >= 0.3 is 6.18 Å². The van der Waals surface area contributed by atoms with Gasteiger partial charge in [0.1, 0.15) is 0 Å². The van der Waals surface area contributed by atoms with E-state index < -0.39 is 11.7 Å². The van der Waals surface area contributed by atoms with E-state index in [-0.39, 0.29) is 12.0 Å². The van der Waals surface area contributed by atoms with Crippen LogP contribution < -0.4 is 0 Å². The van der Waals surface area contributed by atoms with E-state index >= 15 is 0 Å². The SMILES string of the molecule is CC1(C)CN(CCCO)Cc2cc(-c3ccc(C(F)(F)F)cc3)ccc21. The number of aliphatic hydroxyl groups excluding tert-OH is 1. The Morgan fingerprint density at radius 1 is 1.04 bits per heavy atom. The summed E-state index contributed by atoms with van der Waals surface area (Å²) in [5, 5.41) is 9.09. The number of alkyl halides is 3. The minimum atomic E-state index is -4.31. The van der Waals surface area contributed by atoms with Gasteiger partial charge < -0.3 is 5.11 Å². The quantitative estimate of drug-likeness (QED) is 0.840. The van der Waals surface area contributed by atoms with Gasteiger partial charge in [-0.25, -0.2) is 0 Å². The molecule has 2 nitrogen and oxygen atoms in total. The van der Waals surface area contributed by atoms with Crippen molar-refractivity contribution in [2.75, 3.05) is 19.7 Å². The maximum atomic E-state index is 12.8. The lowest BCUT2D eigenvalue weighted by Gasteiger charge is -2.40. The summed E-state index contributed by atoms with van der Waals surface area (Å²) in [7, 11) is 0. The van der Waals surface area contributed by atoms with Gasteiger partial charge in [-0.2, -0.15) is 13.2 Å². The van der Waals surface area contributed by atoms with Crippen LogP contribution in [0.15, 0.2) is 42.5 Å². The highest BCUT2D eigenvalue weighted by Crippen LogP contribution is 2.36. The summed E-state index contributed by atoms with van der Waals surface area (Å²) in [5.41, 5.74) is 3.57. The van der Waals surface area contributed by atoms with E-state index in [1.54, 1.807) is 0 Å². The molecule has 0 aliphatic carbocycles. The number of hydrogen-bond acceptors (Lipinski definition) is 2. The van der Waals surface area contributed by atoms with Crippen molar-refractivity contribution in [2.24, 2.45) is 0 Å². The molecule has 1 heterocycles. The molecule has 0 spiro atoms. The van der Waals surface area contributed by atoms with E-state index in [0.29, 0.717) is 0 Å². The minimum absolute atomic E-state index is 0.00170. The topological polar surface area (TPSA) is 23.5 Å². The average molecular weight is 363 g/mol. The molecule has 26 heavy (non-hydrogen) atoms. The second-order valence-electron chi connectivity index (χ2n) is 7.62. The fourth-order valence-corrected chi connectivity index (χ4v) is 3.81. The molecule has 0 saturated heterocycles. The van der Waals surface area contributed by atoms with E-state index in [1.165, 1.54) is 23.3 Å². The first-order chi connectivity index (χ1) is 12.2. The van der Waals surface area contributed by atoms with E-state index in [9.17, 15) is 13.2 Å². The van der Waals surface area contributed by atoms with Crippen LogP contribution in [0.4, 0.5) is 13.2 Å². The molecule has 0 saturated carbocycles. The standard InChI is InChI=1S/C21H24F3NO/c1-20(2)14-25(10-3-11-26)13-17-12-16(6-9-19(17)20)15-4-7-18(8-5-15)21(22,23)24/h4-9,12,26H,3,10-11,13-14H2,1-2H3. The van der Waals surface area contributed by atoms with Crippen LogP contribution in [0.5, 0.6) is 0 Å². The van der Waals surface area contributed by atoms with Crippen LogP contribution >= 0.6 is 0 Å². The normalized spacial score (nSPS) is 17.2. The van der Waals surface area contributed by atoms with Gasteiger partial charge in [0, 0.05) is 31.7 Å². The van der Waals surface area contributed by atoms with E-state index in [0.717, 1.165) is 49.3 Å². The van der Waals surface area contributed by atoms with Crippen LogP contribution in [-0.2, 0) is 18.1 Å². The lowest BCUT2D eigenvalue weighted by molar-refractivity contribution is -0.137. The van der Waals surface area contributed by atoms with Crippen molar-refractivity contribution in [3.8, 4) is 11.1 Å². The number of hydrogen-bond donors (Lipinski definition) is 1. The van der Waals surface area contributed by atoms with Crippen LogP contribution in [0, 0.1) is 0 Å². The Kier molecular flexibility index (Phi) is 5.13. The molecular weight excluding hydrogens is 339 g/mol. The van der Waals surface area contributed by atoms with Gasteiger partial charge in [-0.15, -0.1) is 0 Å². The Labute approximate surface area is 152 Å². The molecule has 1 N–H and O–H groups in total.